The summed E-state index contributed by atoms with van der Waals surface area (Å²) < 4.78 is 17.9. The second-order valence-electron chi connectivity index (χ2n) is 7.59. The van der Waals surface area contributed by atoms with Crippen molar-refractivity contribution in [1.82, 2.24) is 4.90 Å². The molecule has 0 aliphatic carbocycles. The molecule has 0 bridgehead atoms. The first-order chi connectivity index (χ1) is 14.6. The van der Waals surface area contributed by atoms with Crippen LogP contribution in [0.4, 0.5) is 0 Å². The van der Waals surface area contributed by atoms with Crippen LogP contribution in [-0.2, 0) is 4.74 Å². The first-order valence-corrected chi connectivity index (χ1v) is 10.7. The van der Waals surface area contributed by atoms with Crippen LogP contribution in [0, 0.1) is 0 Å². The van der Waals surface area contributed by atoms with Crippen LogP contribution in [0.1, 0.15) is 40.6 Å². The van der Waals surface area contributed by atoms with Crippen molar-refractivity contribution in [1.29, 1.82) is 0 Å². The van der Waals surface area contributed by atoms with Gasteiger partial charge in [0.1, 0.15) is 11.3 Å². The second kappa shape index (κ2) is 7.56. The van der Waals surface area contributed by atoms with Crippen LogP contribution in [0.2, 0.25) is 0 Å². The van der Waals surface area contributed by atoms with Crippen LogP contribution >= 0.6 is 15.9 Å². The summed E-state index contributed by atoms with van der Waals surface area (Å²) in [5.41, 5.74) is 1.39. The minimum atomic E-state index is -0.550. The van der Waals surface area contributed by atoms with Crippen molar-refractivity contribution in [3.8, 4) is 5.75 Å². The summed E-state index contributed by atoms with van der Waals surface area (Å²) in [6.45, 7) is 1.10. The maximum atomic E-state index is 13.5. The molecule has 1 fully saturated rings. The van der Waals surface area contributed by atoms with E-state index in [9.17, 15) is 9.59 Å². The molecule has 2 unspecified atom stereocenters. The summed E-state index contributed by atoms with van der Waals surface area (Å²) in [6.07, 6.45) is 1.81. The van der Waals surface area contributed by atoms with Gasteiger partial charge in [-0.3, -0.25) is 9.59 Å². The lowest BCUT2D eigenvalue weighted by Crippen LogP contribution is -2.36. The predicted octanol–water partition coefficient (Wildman–Crippen LogP) is 4.29. The van der Waals surface area contributed by atoms with Crippen molar-refractivity contribution in [2.45, 2.75) is 25.0 Å². The molecular weight excluding hydrogens is 450 g/mol. The summed E-state index contributed by atoms with van der Waals surface area (Å²) in [6, 6.07) is 12.1. The molecule has 2 aliphatic heterocycles. The molecule has 5 rings (SSSR count). The number of nitrogens with zero attached hydrogens (tertiary/aromatic N) is 1. The molecule has 0 spiro atoms. The molecule has 1 amide bonds. The van der Waals surface area contributed by atoms with E-state index in [0.29, 0.717) is 35.4 Å². The molecule has 3 heterocycles. The minimum Gasteiger partial charge on any atom is -0.497 e. The average Bonchev–Trinajstić information content (AvgIpc) is 3.36. The van der Waals surface area contributed by atoms with Crippen LogP contribution in [0.5, 0.6) is 5.75 Å². The van der Waals surface area contributed by atoms with Crippen molar-refractivity contribution in [3.05, 3.63) is 74.0 Å². The summed E-state index contributed by atoms with van der Waals surface area (Å²) in [4.78, 5) is 28.6. The molecule has 7 heteroatoms. The van der Waals surface area contributed by atoms with Gasteiger partial charge in [-0.15, -0.1) is 0 Å². The fourth-order valence-corrected chi connectivity index (χ4v) is 4.71. The van der Waals surface area contributed by atoms with Crippen molar-refractivity contribution in [2.24, 2.45) is 0 Å². The number of methoxy groups -OCH3 is 1. The summed E-state index contributed by atoms with van der Waals surface area (Å²) in [5, 5.41) is 0.447. The molecule has 3 aromatic rings. The Morgan fingerprint density at radius 1 is 1.20 bits per heavy atom. The largest absolute Gasteiger partial charge is 0.497 e. The molecule has 0 saturated carbocycles. The van der Waals surface area contributed by atoms with E-state index >= 15 is 0 Å². The van der Waals surface area contributed by atoms with Crippen LogP contribution in [0.15, 0.2) is 56.1 Å². The topological polar surface area (TPSA) is 69.0 Å². The molecule has 154 valence electrons. The highest BCUT2D eigenvalue weighted by molar-refractivity contribution is 9.10. The third-order valence-electron chi connectivity index (χ3n) is 5.76. The fourth-order valence-electron chi connectivity index (χ4n) is 4.35. The lowest BCUT2D eigenvalue weighted by molar-refractivity contribution is 0.0486. The molecule has 2 atom stereocenters. The SMILES string of the molecule is COc1cccc(C2c3c(oc4ccc(Br)cc4c3=O)C(=O)N2CC2CCCO2)c1. The zero-order valence-corrected chi connectivity index (χ0v) is 18.0. The maximum Gasteiger partial charge on any atom is 0.291 e. The smallest absolute Gasteiger partial charge is 0.291 e. The number of carbonyl (C=O) groups excluding carboxylic acids is 1. The van der Waals surface area contributed by atoms with Gasteiger partial charge in [0.15, 0.2) is 5.43 Å². The maximum absolute atomic E-state index is 13.5. The Morgan fingerprint density at radius 2 is 2.07 bits per heavy atom. The quantitative estimate of drug-likeness (QED) is 0.569. The highest BCUT2D eigenvalue weighted by Crippen LogP contribution is 2.40. The van der Waals surface area contributed by atoms with E-state index in [-0.39, 0.29) is 23.2 Å². The highest BCUT2D eigenvalue weighted by atomic mass is 79.9. The van der Waals surface area contributed by atoms with E-state index in [1.807, 2.05) is 24.3 Å². The Bertz CT molecular complexity index is 1200. The van der Waals surface area contributed by atoms with E-state index in [1.165, 1.54) is 0 Å². The molecule has 1 aromatic heterocycles. The Hall–Kier alpha value is -2.64. The normalized spacial score (nSPS) is 20.7. The Balaban J connectivity index is 1.71. The summed E-state index contributed by atoms with van der Waals surface area (Å²) in [7, 11) is 1.59. The van der Waals surface area contributed by atoms with E-state index in [0.717, 1.165) is 22.9 Å². The lowest BCUT2D eigenvalue weighted by atomic mass is 9.98. The van der Waals surface area contributed by atoms with E-state index in [4.69, 9.17) is 13.9 Å². The number of halogens is 1. The number of carbonyl (C=O) groups is 1. The molecule has 0 radical (unpaired) electrons. The first kappa shape index (κ1) is 19.3. The van der Waals surface area contributed by atoms with Gasteiger partial charge in [0.2, 0.25) is 5.76 Å². The number of rotatable bonds is 4. The van der Waals surface area contributed by atoms with Gasteiger partial charge in [0.25, 0.3) is 5.91 Å². The number of fused-ring (bicyclic) bond motifs is 2. The Morgan fingerprint density at radius 3 is 2.83 bits per heavy atom. The van der Waals surface area contributed by atoms with Gasteiger partial charge in [-0.1, -0.05) is 28.1 Å². The monoisotopic (exact) mass is 469 g/mol. The van der Waals surface area contributed by atoms with Crippen LogP contribution < -0.4 is 10.2 Å². The van der Waals surface area contributed by atoms with Gasteiger partial charge in [0.05, 0.1) is 30.2 Å². The minimum absolute atomic E-state index is 0.0463. The van der Waals surface area contributed by atoms with Crippen molar-refractivity contribution in [3.63, 3.8) is 0 Å². The zero-order valence-electron chi connectivity index (χ0n) is 16.4. The molecule has 0 N–H and O–H groups in total. The van der Waals surface area contributed by atoms with Gasteiger partial charge in [0, 0.05) is 17.6 Å². The summed E-state index contributed by atoms with van der Waals surface area (Å²) >= 11 is 3.42. The van der Waals surface area contributed by atoms with Gasteiger partial charge >= 0.3 is 0 Å². The lowest BCUT2D eigenvalue weighted by Gasteiger charge is -2.27. The van der Waals surface area contributed by atoms with E-state index in [2.05, 4.69) is 15.9 Å². The van der Waals surface area contributed by atoms with Crippen LogP contribution in [0.25, 0.3) is 11.0 Å². The second-order valence-corrected chi connectivity index (χ2v) is 8.50. The van der Waals surface area contributed by atoms with Gasteiger partial charge in [-0.05, 0) is 48.7 Å². The van der Waals surface area contributed by atoms with Gasteiger partial charge < -0.3 is 18.8 Å². The highest BCUT2D eigenvalue weighted by Gasteiger charge is 2.44. The fraction of sp³-hybridized carbons (Fsp3) is 0.304. The number of ether oxygens (including phenoxy) is 2. The number of hydrogen-bond donors (Lipinski definition) is 0. The zero-order chi connectivity index (χ0) is 20.8. The molecule has 1 saturated heterocycles. The van der Waals surface area contributed by atoms with Crippen molar-refractivity contribution in [2.75, 3.05) is 20.3 Å². The third kappa shape index (κ3) is 3.13. The van der Waals surface area contributed by atoms with Crippen molar-refractivity contribution < 1.29 is 18.7 Å². The molecule has 2 aliphatic rings. The average molecular weight is 470 g/mol. The number of amides is 1. The van der Waals surface area contributed by atoms with Gasteiger partial charge in [-0.2, -0.15) is 0 Å². The van der Waals surface area contributed by atoms with Crippen molar-refractivity contribution >= 4 is 32.8 Å². The third-order valence-corrected chi connectivity index (χ3v) is 6.25. The molecular formula is C23H20BrNO5. The Labute approximate surface area is 181 Å². The number of hydrogen-bond acceptors (Lipinski definition) is 5. The molecule has 30 heavy (non-hydrogen) atoms. The van der Waals surface area contributed by atoms with Gasteiger partial charge in [-0.25, -0.2) is 0 Å². The van der Waals surface area contributed by atoms with Crippen LogP contribution in [0.3, 0.4) is 0 Å². The first-order valence-electron chi connectivity index (χ1n) is 9.89. The van der Waals surface area contributed by atoms with E-state index < -0.39 is 6.04 Å². The Kier molecular flexibility index (Phi) is 4.87. The predicted molar refractivity (Wildman–Crippen MR) is 115 cm³/mol. The summed E-state index contributed by atoms with van der Waals surface area (Å²) in [5.74, 6) is 0.495. The molecule has 2 aromatic carbocycles. The van der Waals surface area contributed by atoms with E-state index in [1.54, 1.807) is 30.2 Å². The number of benzene rings is 2. The standard InChI is InChI=1S/C23H20BrNO5/c1-28-15-5-2-4-13(10-15)20-19-21(26)17-11-14(24)7-8-18(17)30-22(19)23(27)25(20)12-16-6-3-9-29-16/h2,4-5,7-8,10-11,16,20H,3,6,9,12H2,1H3. The van der Waals surface area contributed by atoms with Crippen LogP contribution in [-0.4, -0.2) is 37.2 Å². The molecule has 6 nitrogen and oxygen atoms in total.